The summed E-state index contributed by atoms with van der Waals surface area (Å²) in [6, 6.07) is 30.1. The maximum Gasteiger partial charge on any atom is 0.245 e. The molecule has 0 saturated carbocycles. The maximum absolute atomic E-state index is 13.2. The van der Waals surface area contributed by atoms with Crippen molar-refractivity contribution in [3.63, 3.8) is 0 Å². The molecule has 22 nitrogen and oxygen atoms in total. The van der Waals surface area contributed by atoms with Gasteiger partial charge >= 0.3 is 0 Å². The number of nitrogens with zero attached hydrogens (tertiary/aromatic N) is 16. The zero-order chi connectivity index (χ0) is 57.8. The molecule has 12 aromatic rings. The SMILES string of the molecule is Clc1nc(Cl)c2cccn2n1.Fc1ccc(-n2cnc(Nc3nc(Cl)nn4cccc34)c2)cc1.Nc1cn(-c2ccc(F)cc2)cn1.OC[C@@H]1CCCN1.OC[C@@H]1CCCN1c1nc(Nc2cn(-c3ccc(F)cc3)cn2)c2cccn2n1. The molecule has 2 saturated heterocycles. The molecule has 426 valence electrons. The van der Waals surface area contributed by atoms with Crippen LogP contribution in [0.25, 0.3) is 33.6 Å². The van der Waals surface area contributed by atoms with Crippen LogP contribution in [0.1, 0.15) is 25.7 Å². The van der Waals surface area contributed by atoms with Crippen molar-refractivity contribution in [2.24, 2.45) is 0 Å². The first kappa shape index (κ1) is 57.1. The second-order valence-corrected chi connectivity index (χ2v) is 19.6. The highest BCUT2D eigenvalue weighted by molar-refractivity contribution is 6.34. The molecule has 11 heterocycles. The quantitative estimate of drug-likeness (QED) is 0.0746. The lowest BCUT2D eigenvalue weighted by Gasteiger charge is -2.23. The van der Waals surface area contributed by atoms with Crippen LogP contribution in [0.3, 0.4) is 0 Å². The molecule has 0 radical (unpaired) electrons. The first-order valence-corrected chi connectivity index (χ1v) is 26.9. The van der Waals surface area contributed by atoms with Gasteiger partial charge in [0.1, 0.15) is 70.4 Å². The maximum atomic E-state index is 13.2. The average molecular weight is 1190 g/mol. The lowest BCUT2D eigenvalue weighted by molar-refractivity contribution is 0.255. The Kier molecular flexibility index (Phi) is 18.3. The van der Waals surface area contributed by atoms with Crippen molar-refractivity contribution in [1.82, 2.24) is 77.8 Å². The molecule has 3 aromatic carbocycles. The van der Waals surface area contributed by atoms with Crippen LogP contribution >= 0.6 is 34.8 Å². The Labute approximate surface area is 486 Å². The largest absolute Gasteiger partial charge is 0.395 e. The predicted molar refractivity (Wildman–Crippen MR) is 311 cm³/mol. The monoisotopic (exact) mass is 1190 g/mol. The van der Waals surface area contributed by atoms with Gasteiger partial charge in [0.15, 0.2) is 16.8 Å². The number of nitrogens with one attached hydrogen (secondary N) is 3. The van der Waals surface area contributed by atoms with E-state index in [0.29, 0.717) is 52.8 Å². The highest BCUT2D eigenvalue weighted by Crippen LogP contribution is 2.28. The normalized spacial score (nSPS) is 14.5. The van der Waals surface area contributed by atoms with Crippen LogP contribution in [0.5, 0.6) is 0 Å². The molecule has 2 aliphatic heterocycles. The third kappa shape index (κ3) is 14.5. The third-order valence-corrected chi connectivity index (χ3v) is 13.5. The zero-order valence-electron chi connectivity index (χ0n) is 43.8. The number of benzene rings is 3. The molecule has 0 bridgehead atoms. The zero-order valence-corrected chi connectivity index (χ0v) is 46.1. The molecule has 83 heavy (non-hydrogen) atoms. The summed E-state index contributed by atoms with van der Waals surface area (Å²) in [6.07, 6.45) is 19.9. The summed E-state index contributed by atoms with van der Waals surface area (Å²) in [7, 11) is 0. The molecule has 0 unspecified atom stereocenters. The number of hydrogen-bond donors (Lipinski definition) is 6. The van der Waals surface area contributed by atoms with Crippen molar-refractivity contribution in [1.29, 1.82) is 0 Å². The van der Waals surface area contributed by atoms with E-state index in [1.165, 1.54) is 42.8 Å². The van der Waals surface area contributed by atoms with Crippen molar-refractivity contribution in [3.8, 4) is 17.1 Å². The van der Waals surface area contributed by atoms with Gasteiger partial charge in [0, 0.05) is 48.2 Å². The third-order valence-electron chi connectivity index (χ3n) is 12.9. The molecular weight excluding hydrogens is 1140 g/mol. The second-order valence-electron chi connectivity index (χ2n) is 18.5. The fourth-order valence-corrected chi connectivity index (χ4v) is 9.43. The number of nitrogens with two attached hydrogens (primary N) is 1. The van der Waals surface area contributed by atoms with Crippen LogP contribution in [0, 0.1) is 17.5 Å². The predicted octanol–water partition coefficient (Wildman–Crippen LogP) is 9.57. The highest BCUT2D eigenvalue weighted by atomic mass is 35.5. The van der Waals surface area contributed by atoms with E-state index in [9.17, 15) is 18.3 Å². The van der Waals surface area contributed by atoms with Crippen molar-refractivity contribution >= 4 is 86.4 Å². The van der Waals surface area contributed by atoms with Crippen LogP contribution < -0.4 is 26.6 Å². The van der Waals surface area contributed by atoms with E-state index in [1.807, 2.05) is 58.3 Å². The van der Waals surface area contributed by atoms with Gasteiger partial charge in [-0.1, -0.05) is 11.6 Å². The minimum atomic E-state index is -0.279. The van der Waals surface area contributed by atoms with Gasteiger partial charge in [-0.2, -0.15) is 9.97 Å². The number of aliphatic hydroxyl groups is 2. The number of fused-ring (bicyclic) bond motifs is 3. The first-order chi connectivity index (χ1) is 40.4. The summed E-state index contributed by atoms with van der Waals surface area (Å²) in [5.74, 6) is 2.60. The number of hydrogen-bond acceptors (Lipinski definition) is 16. The van der Waals surface area contributed by atoms with Crippen molar-refractivity contribution in [3.05, 3.63) is 199 Å². The summed E-state index contributed by atoms with van der Waals surface area (Å²) in [5.41, 5.74) is 10.3. The van der Waals surface area contributed by atoms with Gasteiger partial charge in [-0.05, 0) is 165 Å². The van der Waals surface area contributed by atoms with Gasteiger partial charge in [-0.15, -0.1) is 15.3 Å². The molecule has 0 aliphatic carbocycles. The smallest absolute Gasteiger partial charge is 0.245 e. The Balaban J connectivity index is 0.000000126. The van der Waals surface area contributed by atoms with Crippen LogP contribution in [0.15, 0.2) is 165 Å². The van der Waals surface area contributed by atoms with Crippen LogP contribution in [-0.2, 0) is 0 Å². The number of imidazole rings is 3. The Morgan fingerprint density at radius 2 is 1.04 bits per heavy atom. The molecule has 0 spiro atoms. The summed E-state index contributed by atoms with van der Waals surface area (Å²) in [6.45, 7) is 2.29. The topological polar surface area (TPSA) is 250 Å². The number of halogens is 6. The molecule has 9 aromatic heterocycles. The Hall–Kier alpha value is -9.11. The summed E-state index contributed by atoms with van der Waals surface area (Å²) in [5, 5.41) is 40.9. The fraction of sp³-hybridized carbons (Fsp3) is 0.182. The number of rotatable bonds is 10. The minimum Gasteiger partial charge on any atom is -0.395 e. The molecule has 7 N–H and O–H groups in total. The van der Waals surface area contributed by atoms with Gasteiger partial charge in [-0.25, -0.2) is 46.7 Å². The van der Waals surface area contributed by atoms with E-state index in [2.05, 4.69) is 56.2 Å². The molecular formula is C55H52Cl3F3N20O2. The molecule has 0 amide bonds. The number of anilines is 6. The van der Waals surface area contributed by atoms with E-state index in [0.717, 1.165) is 66.0 Å². The highest BCUT2D eigenvalue weighted by Gasteiger charge is 2.27. The lowest BCUT2D eigenvalue weighted by atomic mass is 10.2. The molecule has 28 heteroatoms. The lowest BCUT2D eigenvalue weighted by Crippen LogP contribution is -2.34. The Morgan fingerprint density at radius 1 is 0.554 bits per heavy atom. The van der Waals surface area contributed by atoms with Crippen molar-refractivity contribution in [2.75, 3.05) is 47.6 Å². The van der Waals surface area contributed by atoms with Crippen molar-refractivity contribution in [2.45, 2.75) is 37.8 Å². The average Bonchev–Trinajstić information content (AvgIpc) is 4.45. The summed E-state index contributed by atoms with van der Waals surface area (Å²) in [4.78, 5) is 27.3. The number of aromatic nitrogens is 15. The van der Waals surface area contributed by atoms with E-state index in [-0.39, 0.29) is 40.7 Å². The number of aliphatic hydroxyl groups excluding tert-OH is 2. The molecule has 2 aliphatic rings. The van der Waals surface area contributed by atoms with Crippen LogP contribution in [0.4, 0.5) is 48.2 Å². The molecule has 2 atom stereocenters. The Bertz CT molecular complexity index is 4030. The summed E-state index contributed by atoms with van der Waals surface area (Å²) < 4.78 is 49.0. The van der Waals surface area contributed by atoms with Gasteiger partial charge in [0.05, 0.1) is 37.8 Å². The van der Waals surface area contributed by atoms with Gasteiger partial charge in [0.25, 0.3) is 0 Å². The first-order valence-electron chi connectivity index (χ1n) is 25.8. The van der Waals surface area contributed by atoms with Crippen LogP contribution in [-0.4, -0.2) is 121 Å². The van der Waals surface area contributed by atoms with Gasteiger partial charge < -0.3 is 50.5 Å². The second kappa shape index (κ2) is 26.7. The van der Waals surface area contributed by atoms with E-state index in [1.54, 1.807) is 103 Å². The molecule has 2 fully saturated rings. The van der Waals surface area contributed by atoms with E-state index >= 15 is 0 Å². The Morgan fingerprint density at radius 3 is 1.52 bits per heavy atom. The number of nitrogen functional groups attached to an aromatic ring is 1. The summed E-state index contributed by atoms with van der Waals surface area (Å²) >= 11 is 17.2. The minimum absolute atomic E-state index is 0.0357. The standard InChI is InChI=1S/C20H20FN7O.C15H10ClFN6.C9H8FN3.C6H3Cl2N3.C5H11NO/c21-14-5-7-15(8-6-14)26-11-18(22-13-26)23-19-17-4-2-10-28(17)25-20(24-19)27-9-1-3-16(27)12-29;16-15-20-14(12-2-1-7-23(12)21-15)19-13-8-22(9-18-13)11-5-3-10(17)4-6-11;10-7-1-3-8(4-2-7)13-5-9(11)12-6-13;7-5-4-2-1-3-11(4)10-6(8)9-5;7-4-5-2-1-3-6-5/h2,4-8,10-11,13,16,29H,1,3,9,12H2,(H,23,24,25);1-9H,(H,19,20,21);1-6H,11H2;1-3H;5-7H,1-4H2/t16-;;;;5-/m0...0/s1. The van der Waals surface area contributed by atoms with E-state index in [4.69, 9.17) is 50.6 Å². The van der Waals surface area contributed by atoms with Crippen molar-refractivity contribution < 1.29 is 23.4 Å². The van der Waals surface area contributed by atoms with Gasteiger partial charge in [0.2, 0.25) is 16.5 Å². The van der Waals surface area contributed by atoms with E-state index < -0.39 is 0 Å². The van der Waals surface area contributed by atoms with Gasteiger partial charge in [-0.3, -0.25) is 0 Å². The fourth-order valence-electron chi connectivity index (χ4n) is 8.83. The van der Waals surface area contributed by atoms with Crippen LogP contribution in [0.2, 0.25) is 15.7 Å². The molecule has 14 rings (SSSR count).